The van der Waals surface area contributed by atoms with Gasteiger partial charge in [0.15, 0.2) is 0 Å². The summed E-state index contributed by atoms with van der Waals surface area (Å²) in [6, 6.07) is 1.91. The third-order valence-electron chi connectivity index (χ3n) is 3.36. The Morgan fingerprint density at radius 1 is 1.53 bits per heavy atom. The van der Waals surface area contributed by atoms with Gasteiger partial charge in [0.05, 0.1) is 4.88 Å². The van der Waals surface area contributed by atoms with E-state index < -0.39 is 0 Å². The SMILES string of the molecule is CCNCC1CCN(C(=O)c2cc(Br)cs2)CC1.Cl. The molecule has 1 aliphatic rings. The zero-order chi connectivity index (χ0) is 13.0. The molecule has 0 bridgehead atoms. The minimum absolute atomic E-state index is 0. The number of likely N-dealkylation sites (tertiary alicyclic amines) is 1. The van der Waals surface area contributed by atoms with Gasteiger partial charge in [0.1, 0.15) is 0 Å². The highest BCUT2D eigenvalue weighted by Gasteiger charge is 2.24. The lowest BCUT2D eigenvalue weighted by Crippen LogP contribution is -2.40. The number of piperidine rings is 1. The molecule has 19 heavy (non-hydrogen) atoms. The molecular weight excluding hydrogens is 348 g/mol. The van der Waals surface area contributed by atoms with Crippen LogP contribution in [0, 0.1) is 5.92 Å². The zero-order valence-electron chi connectivity index (χ0n) is 11.0. The van der Waals surface area contributed by atoms with Crippen LogP contribution in [0.1, 0.15) is 29.4 Å². The molecule has 1 aromatic heterocycles. The van der Waals surface area contributed by atoms with Crippen LogP contribution in [0.4, 0.5) is 0 Å². The number of nitrogens with one attached hydrogen (secondary N) is 1. The summed E-state index contributed by atoms with van der Waals surface area (Å²) in [5, 5.41) is 5.35. The number of thiophene rings is 1. The third-order valence-corrected chi connectivity index (χ3v) is 5.04. The first-order chi connectivity index (χ1) is 8.70. The molecule has 1 aliphatic heterocycles. The van der Waals surface area contributed by atoms with Crippen LogP contribution in [-0.2, 0) is 0 Å². The van der Waals surface area contributed by atoms with E-state index in [2.05, 4.69) is 28.2 Å². The van der Waals surface area contributed by atoms with Gasteiger partial charge in [-0.1, -0.05) is 6.92 Å². The molecule has 3 nitrogen and oxygen atoms in total. The molecule has 0 spiro atoms. The van der Waals surface area contributed by atoms with E-state index in [9.17, 15) is 4.79 Å². The Bertz CT molecular complexity index is 405. The highest BCUT2D eigenvalue weighted by Crippen LogP contribution is 2.24. The maximum atomic E-state index is 12.2. The summed E-state index contributed by atoms with van der Waals surface area (Å²) in [7, 11) is 0. The molecule has 0 radical (unpaired) electrons. The van der Waals surface area contributed by atoms with Crippen molar-refractivity contribution >= 4 is 45.6 Å². The molecule has 108 valence electrons. The molecule has 2 rings (SSSR count). The van der Waals surface area contributed by atoms with Crippen LogP contribution in [0.15, 0.2) is 15.9 Å². The van der Waals surface area contributed by atoms with Crippen molar-refractivity contribution in [3.05, 3.63) is 20.8 Å². The summed E-state index contributed by atoms with van der Waals surface area (Å²) in [6.45, 7) is 6.04. The summed E-state index contributed by atoms with van der Waals surface area (Å²) in [5.41, 5.74) is 0. The van der Waals surface area contributed by atoms with Gasteiger partial charge >= 0.3 is 0 Å². The number of amides is 1. The molecule has 0 aromatic carbocycles. The summed E-state index contributed by atoms with van der Waals surface area (Å²) < 4.78 is 0.998. The lowest BCUT2D eigenvalue weighted by molar-refractivity contribution is 0.0695. The highest BCUT2D eigenvalue weighted by molar-refractivity contribution is 9.10. The van der Waals surface area contributed by atoms with Crippen molar-refractivity contribution in [1.29, 1.82) is 0 Å². The van der Waals surface area contributed by atoms with Crippen LogP contribution >= 0.6 is 39.7 Å². The second-order valence-corrected chi connectivity index (χ2v) is 6.50. The Kier molecular flexibility index (Phi) is 7.36. The Labute approximate surface area is 133 Å². The molecular formula is C13H20BrClN2OS. The zero-order valence-corrected chi connectivity index (χ0v) is 14.2. The average Bonchev–Trinajstić information content (AvgIpc) is 2.83. The van der Waals surface area contributed by atoms with Crippen LogP contribution in [-0.4, -0.2) is 37.0 Å². The van der Waals surface area contributed by atoms with Crippen molar-refractivity contribution < 1.29 is 4.79 Å². The average molecular weight is 368 g/mol. The Morgan fingerprint density at radius 3 is 2.74 bits per heavy atom. The van der Waals surface area contributed by atoms with Gasteiger partial charge in [-0.05, 0) is 53.8 Å². The number of carbonyl (C=O) groups is 1. The van der Waals surface area contributed by atoms with Crippen molar-refractivity contribution in [3.63, 3.8) is 0 Å². The van der Waals surface area contributed by atoms with E-state index in [1.54, 1.807) is 0 Å². The van der Waals surface area contributed by atoms with Gasteiger partial charge < -0.3 is 10.2 Å². The van der Waals surface area contributed by atoms with Gasteiger partial charge in [-0.15, -0.1) is 23.7 Å². The third kappa shape index (κ3) is 4.74. The summed E-state index contributed by atoms with van der Waals surface area (Å²) >= 11 is 4.91. The van der Waals surface area contributed by atoms with Crippen molar-refractivity contribution in [3.8, 4) is 0 Å². The number of nitrogens with zero attached hydrogens (tertiary/aromatic N) is 1. The maximum Gasteiger partial charge on any atom is 0.263 e. The summed E-state index contributed by atoms with van der Waals surface area (Å²) in [4.78, 5) is 15.1. The molecule has 1 amide bonds. The number of rotatable bonds is 4. The normalized spacial score (nSPS) is 16.2. The van der Waals surface area contributed by atoms with Crippen LogP contribution < -0.4 is 5.32 Å². The van der Waals surface area contributed by atoms with Gasteiger partial charge in [-0.3, -0.25) is 4.79 Å². The number of halogens is 2. The van der Waals surface area contributed by atoms with E-state index in [-0.39, 0.29) is 18.3 Å². The fourth-order valence-corrected chi connectivity index (χ4v) is 3.66. The lowest BCUT2D eigenvalue weighted by Gasteiger charge is -2.31. The second-order valence-electron chi connectivity index (χ2n) is 4.67. The van der Waals surface area contributed by atoms with Gasteiger partial charge in [0, 0.05) is 22.9 Å². The number of hydrogen-bond acceptors (Lipinski definition) is 3. The van der Waals surface area contributed by atoms with E-state index in [0.717, 1.165) is 54.3 Å². The summed E-state index contributed by atoms with van der Waals surface area (Å²) in [5.74, 6) is 0.914. The minimum Gasteiger partial charge on any atom is -0.338 e. The van der Waals surface area contributed by atoms with Crippen LogP contribution in [0.3, 0.4) is 0 Å². The minimum atomic E-state index is 0. The smallest absolute Gasteiger partial charge is 0.263 e. The van der Waals surface area contributed by atoms with Crippen molar-refractivity contribution in [1.82, 2.24) is 10.2 Å². The molecule has 0 aliphatic carbocycles. The van der Waals surface area contributed by atoms with Crippen LogP contribution in [0.2, 0.25) is 0 Å². The molecule has 2 heterocycles. The molecule has 0 atom stereocenters. The molecule has 1 saturated heterocycles. The predicted molar refractivity (Wildman–Crippen MR) is 86.4 cm³/mol. The van der Waals surface area contributed by atoms with Crippen LogP contribution in [0.25, 0.3) is 0 Å². The van der Waals surface area contributed by atoms with E-state index in [4.69, 9.17) is 0 Å². The van der Waals surface area contributed by atoms with E-state index in [1.807, 2.05) is 16.3 Å². The summed E-state index contributed by atoms with van der Waals surface area (Å²) in [6.07, 6.45) is 2.23. The predicted octanol–water partition coefficient (Wildman–Crippen LogP) is 3.39. The quantitative estimate of drug-likeness (QED) is 0.884. The Balaban J connectivity index is 0.00000180. The Hall–Kier alpha value is -0.100. The van der Waals surface area contributed by atoms with Crippen molar-refractivity contribution in [2.75, 3.05) is 26.2 Å². The van der Waals surface area contributed by atoms with Gasteiger partial charge in [0.2, 0.25) is 0 Å². The van der Waals surface area contributed by atoms with Gasteiger partial charge in [-0.2, -0.15) is 0 Å². The highest BCUT2D eigenvalue weighted by atomic mass is 79.9. The Morgan fingerprint density at radius 2 is 2.21 bits per heavy atom. The first kappa shape index (κ1) is 17.0. The van der Waals surface area contributed by atoms with E-state index in [0.29, 0.717) is 0 Å². The van der Waals surface area contributed by atoms with Gasteiger partial charge in [-0.25, -0.2) is 0 Å². The van der Waals surface area contributed by atoms with Gasteiger partial charge in [0.25, 0.3) is 5.91 Å². The van der Waals surface area contributed by atoms with E-state index in [1.165, 1.54) is 11.3 Å². The first-order valence-corrected chi connectivity index (χ1v) is 8.12. The topological polar surface area (TPSA) is 32.3 Å². The standard InChI is InChI=1S/C13H19BrN2OS.ClH/c1-2-15-8-10-3-5-16(6-4-10)13(17)12-7-11(14)9-18-12;/h7,9-10,15H,2-6,8H2,1H3;1H. The van der Waals surface area contributed by atoms with Crippen molar-refractivity contribution in [2.24, 2.45) is 5.92 Å². The molecule has 1 aromatic rings. The molecule has 1 N–H and O–H groups in total. The lowest BCUT2D eigenvalue weighted by atomic mass is 9.96. The fourth-order valence-electron chi connectivity index (χ4n) is 2.27. The second kappa shape index (κ2) is 8.25. The maximum absolute atomic E-state index is 12.2. The molecule has 0 saturated carbocycles. The first-order valence-electron chi connectivity index (χ1n) is 6.44. The van der Waals surface area contributed by atoms with Crippen molar-refractivity contribution in [2.45, 2.75) is 19.8 Å². The monoisotopic (exact) mass is 366 g/mol. The molecule has 1 fully saturated rings. The fraction of sp³-hybridized carbons (Fsp3) is 0.615. The molecule has 6 heteroatoms. The number of carbonyl (C=O) groups excluding carboxylic acids is 1. The molecule has 0 unspecified atom stereocenters. The van der Waals surface area contributed by atoms with Crippen LogP contribution in [0.5, 0.6) is 0 Å². The number of hydrogen-bond donors (Lipinski definition) is 1. The largest absolute Gasteiger partial charge is 0.338 e. The van der Waals surface area contributed by atoms with E-state index >= 15 is 0 Å².